The number of methoxy groups -OCH3 is 2. The SMILES string of the molecule is COc1ccc(Nc2nc3c(S(=O)(=O)c4ccc(C)cc4)nnn3c3ccccc23)cc1OC. The van der Waals surface area contributed by atoms with E-state index in [4.69, 9.17) is 9.47 Å². The molecule has 0 bridgehead atoms. The van der Waals surface area contributed by atoms with Crippen molar-refractivity contribution in [2.24, 2.45) is 0 Å². The molecule has 0 fully saturated rings. The second-order valence-corrected chi connectivity index (χ2v) is 9.48. The molecular weight excluding hydrogens is 454 g/mol. The molecule has 2 aromatic heterocycles. The number of ether oxygens (including phenoxy) is 2. The lowest BCUT2D eigenvalue weighted by Gasteiger charge is -2.13. The Kier molecular flexibility index (Phi) is 5.29. The molecule has 10 heteroatoms. The van der Waals surface area contributed by atoms with Crippen molar-refractivity contribution in [1.29, 1.82) is 0 Å². The largest absolute Gasteiger partial charge is 0.493 e. The first-order valence-corrected chi connectivity index (χ1v) is 11.9. The van der Waals surface area contributed by atoms with E-state index in [9.17, 15) is 8.42 Å². The van der Waals surface area contributed by atoms with Crippen LogP contribution in [0.25, 0.3) is 16.6 Å². The lowest BCUT2D eigenvalue weighted by Crippen LogP contribution is -2.06. The van der Waals surface area contributed by atoms with E-state index in [0.717, 1.165) is 10.9 Å². The maximum Gasteiger partial charge on any atom is 0.229 e. The average Bonchev–Trinajstić information content (AvgIpc) is 3.29. The number of fused-ring (bicyclic) bond motifs is 3. The first kappa shape index (κ1) is 21.7. The molecule has 0 aliphatic carbocycles. The van der Waals surface area contributed by atoms with Gasteiger partial charge in [0, 0.05) is 17.1 Å². The van der Waals surface area contributed by atoms with Crippen molar-refractivity contribution in [3.8, 4) is 11.5 Å². The molecule has 0 saturated heterocycles. The van der Waals surface area contributed by atoms with Gasteiger partial charge in [0.25, 0.3) is 0 Å². The Labute approximate surface area is 195 Å². The molecule has 0 spiro atoms. The summed E-state index contributed by atoms with van der Waals surface area (Å²) in [7, 11) is -0.815. The highest BCUT2D eigenvalue weighted by Gasteiger charge is 2.27. The molecule has 172 valence electrons. The molecule has 3 aromatic carbocycles. The molecule has 0 aliphatic heterocycles. The smallest absolute Gasteiger partial charge is 0.229 e. The quantitative estimate of drug-likeness (QED) is 0.390. The highest BCUT2D eigenvalue weighted by atomic mass is 32.2. The summed E-state index contributed by atoms with van der Waals surface area (Å²) in [6, 6.07) is 19.4. The van der Waals surface area contributed by atoms with Gasteiger partial charge >= 0.3 is 0 Å². The summed E-state index contributed by atoms with van der Waals surface area (Å²) in [5.41, 5.74) is 2.43. The number of nitrogens with one attached hydrogen (secondary N) is 1. The minimum atomic E-state index is -3.94. The van der Waals surface area contributed by atoms with E-state index in [1.54, 1.807) is 50.6 Å². The molecular formula is C24H21N5O4S. The van der Waals surface area contributed by atoms with Crippen LogP contribution in [-0.2, 0) is 9.84 Å². The van der Waals surface area contributed by atoms with Gasteiger partial charge in [-0.15, -0.1) is 5.10 Å². The van der Waals surface area contributed by atoms with Gasteiger partial charge in [0.1, 0.15) is 5.82 Å². The normalized spacial score (nSPS) is 11.6. The minimum Gasteiger partial charge on any atom is -0.493 e. The van der Waals surface area contributed by atoms with Gasteiger partial charge in [-0.05, 0) is 43.3 Å². The Hall–Kier alpha value is -4.18. The predicted molar refractivity (Wildman–Crippen MR) is 128 cm³/mol. The summed E-state index contributed by atoms with van der Waals surface area (Å²) in [4.78, 5) is 4.77. The van der Waals surface area contributed by atoms with Crippen molar-refractivity contribution in [2.75, 3.05) is 19.5 Å². The summed E-state index contributed by atoms with van der Waals surface area (Å²) in [6.45, 7) is 1.89. The fourth-order valence-corrected chi connectivity index (χ4v) is 4.93. The third-order valence-corrected chi connectivity index (χ3v) is 7.12. The van der Waals surface area contributed by atoms with Crippen LogP contribution in [0.2, 0.25) is 0 Å². The number of benzene rings is 3. The Morgan fingerprint density at radius 1 is 0.912 bits per heavy atom. The summed E-state index contributed by atoms with van der Waals surface area (Å²) in [5.74, 6) is 1.59. The summed E-state index contributed by atoms with van der Waals surface area (Å²) in [6.07, 6.45) is 0. The van der Waals surface area contributed by atoms with Gasteiger partial charge in [0.15, 0.2) is 17.1 Å². The van der Waals surface area contributed by atoms with Crippen LogP contribution in [0.15, 0.2) is 76.7 Å². The molecule has 34 heavy (non-hydrogen) atoms. The standard InChI is InChI=1S/C24H21N5O4S/c1-15-8-11-17(12-9-15)34(30,31)24-23-26-22(18-6-4-5-7-19(18)29(23)28-27-24)25-16-10-13-20(32-2)21(14-16)33-3/h4-14H,1-3H3,(H,25,26). The number of hydrogen-bond acceptors (Lipinski definition) is 8. The van der Waals surface area contributed by atoms with Gasteiger partial charge in [-0.2, -0.15) is 4.52 Å². The predicted octanol–water partition coefficient (Wildman–Crippen LogP) is 4.18. The molecule has 5 rings (SSSR count). The maximum atomic E-state index is 13.4. The fourth-order valence-electron chi connectivity index (χ4n) is 3.69. The van der Waals surface area contributed by atoms with Crippen molar-refractivity contribution in [2.45, 2.75) is 16.8 Å². The van der Waals surface area contributed by atoms with E-state index in [2.05, 4.69) is 20.6 Å². The number of aromatic nitrogens is 4. The van der Waals surface area contributed by atoms with Crippen molar-refractivity contribution in [3.05, 3.63) is 72.3 Å². The molecule has 0 aliphatic rings. The third-order valence-electron chi connectivity index (χ3n) is 5.45. The molecule has 2 heterocycles. The Bertz CT molecular complexity index is 1630. The van der Waals surface area contributed by atoms with Gasteiger partial charge in [-0.25, -0.2) is 13.4 Å². The molecule has 0 saturated carbocycles. The van der Waals surface area contributed by atoms with Crippen LogP contribution in [0.5, 0.6) is 11.5 Å². The van der Waals surface area contributed by atoms with E-state index in [-0.39, 0.29) is 15.6 Å². The molecule has 0 amide bonds. The van der Waals surface area contributed by atoms with E-state index in [1.807, 2.05) is 37.3 Å². The van der Waals surface area contributed by atoms with Crippen molar-refractivity contribution in [3.63, 3.8) is 0 Å². The van der Waals surface area contributed by atoms with E-state index >= 15 is 0 Å². The van der Waals surface area contributed by atoms with Gasteiger partial charge in [-0.3, -0.25) is 0 Å². The summed E-state index contributed by atoms with van der Waals surface area (Å²) in [5, 5.41) is 11.9. The Morgan fingerprint density at radius 3 is 2.38 bits per heavy atom. The van der Waals surface area contributed by atoms with Gasteiger partial charge in [0.2, 0.25) is 14.9 Å². The molecule has 0 radical (unpaired) electrons. The minimum absolute atomic E-state index is 0.127. The number of rotatable bonds is 6. The highest BCUT2D eigenvalue weighted by molar-refractivity contribution is 7.91. The number of nitrogens with zero attached hydrogens (tertiary/aromatic N) is 4. The van der Waals surface area contributed by atoms with Crippen molar-refractivity contribution >= 4 is 37.9 Å². The third kappa shape index (κ3) is 3.57. The fraction of sp³-hybridized carbons (Fsp3) is 0.125. The summed E-state index contributed by atoms with van der Waals surface area (Å²) >= 11 is 0. The number of sulfone groups is 1. The number of aryl methyl sites for hydroxylation is 1. The first-order chi connectivity index (χ1) is 16.4. The van der Waals surface area contributed by atoms with Gasteiger partial charge in [0.05, 0.1) is 24.6 Å². The second kappa shape index (κ2) is 8.31. The first-order valence-electron chi connectivity index (χ1n) is 10.4. The molecule has 1 N–H and O–H groups in total. The molecule has 0 unspecified atom stereocenters. The topological polar surface area (TPSA) is 108 Å². The van der Waals surface area contributed by atoms with Crippen molar-refractivity contribution < 1.29 is 17.9 Å². The van der Waals surface area contributed by atoms with Crippen LogP contribution in [0.3, 0.4) is 0 Å². The number of anilines is 2. The summed E-state index contributed by atoms with van der Waals surface area (Å²) < 4.78 is 38.9. The number of hydrogen-bond donors (Lipinski definition) is 1. The van der Waals surface area contributed by atoms with Crippen LogP contribution >= 0.6 is 0 Å². The Balaban J connectivity index is 1.69. The van der Waals surface area contributed by atoms with E-state index in [1.165, 1.54) is 4.52 Å². The highest BCUT2D eigenvalue weighted by Crippen LogP contribution is 2.33. The molecule has 5 aromatic rings. The Morgan fingerprint density at radius 2 is 1.65 bits per heavy atom. The second-order valence-electron chi connectivity index (χ2n) is 7.62. The molecule has 0 atom stereocenters. The van der Waals surface area contributed by atoms with Crippen molar-refractivity contribution in [1.82, 2.24) is 19.8 Å². The molecule has 9 nitrogen and oxygen atoms in total. The van der Waals surface area contributed by atoms with Gasteiger partial charge in [-0.1, -0.05) is 35.0 Å². The van der Waals surface area contributed by atoms with E-state index in [0.29, 0.717) is 28.5 Å². The van der Waals surface area contributed by atoms with Crippen LogP contribution < -0.4 is 14.8 Å². The van der Waals surface area contributed by atoms with E-state index < -0.39 is 9.84 Å². The monoisotopic (exact) mass is 475 g/mol. The van der Waals surface area contributed by atoms with Crippen LogP contribution in [0, 0.1) is 6.92 Å². The lowest BCUT2D eigenvalue weighted by atomic mass is 10.2. The maximum absolute atomic E-state index is 13.4. The zero-order valence-corrected chi connectivity index (χ0v) is 19.5. The van der Waals surface area contributed by atoms with Crippen LogP contribution in [0.4, 0.5) is 11.5 Å². The number of para-hydroxylation sites is 1. The lowest BCUT2D eigenvalue weighted by molar-refractivity contribution is 0.355. The van der Waals surface area contributed by atoms with Crippen LogP contribution in [-0.4, -0.2) is 42.4 Å². The average molecular weight is 476 g/mol. The van der Waals surface area contributed by atoms with Crippen LogP contribution in [0.1, 0.15) is 5.56 Å². The zero-order chi connectivity index (χ0) is 23.9. The van der Waals surface area contributed by atoms with Gasteiger partial charge < -0.3 is 14.8 Å². The zero-order valence-electron chi connectivity index (χ0n) is 18.7.